The molecule has 2 rings (SSSR count). The summed E-state index contributed by atoms with van der Waals surface area (Å²) in [6.45, 7) is 1.94. The predicted octanol–water partition coefficient (Wildman–Crippen LogP) is 1.72. The fraction of sp³-hybridized carbons (Fsp3) is 0.143. The molecule has 0 unspecified atom stereocenters. The molecule has 0 atom stereocenters. The minimum atomic E-state index is -3.23. The van der Waals surface area contributed by atoms with E-state index < -0.39 is 22.1 Å². The van der Waals surface area contributed by atoms with Gasteiger partial charge in [0.2, 0.25) is 0 Å². The summed E-state index contributed by atoms with van der Waals surface area (Å²) < 4.78 is 30.4. The predicted molar refractivity (Wildman–Crippen MR) is 76.7 cm³/mol. The molecule has 0 amide bonds. The van der Waals surface area contributed by atoms with Gasteiger partial charge in [0.15, 0.2) is 0 Å². The van der Waals surface area contributed by atoms with Gasteiger partial charge in [0.05, 0.1) is 0 Å². The van der Waals surface area contributed by atoms with Gasteiger partial charge in [0, 0.05) is 0 Å². The fourth-order valence-electron chi connectivity index (χ4n) is 1.51. The Morgan fingerprint density at radius 1 is 0.947 bits per heavy atom. The van der Waals surface area contributed by atoms with Crippen LogP contribution in [0.15, 0.2) is 53.4 Å². The second kappa shape index (κ2) is 5.78. The van der Waals surface area contributed by atoms with Gasteiger partial charge in [-0.3, -0.25) is 0 Å². The number of hydrogen-bond acceptors (Lipinski definition) is 3. The monoisotopic (exact) mass is 342 g/mol. The Bertz CT molecular complexity index is 646. The van der Waals surface area contributed by atoms with Gasteiger partial charge < -0.3 is 0 Å². The summed E-state index contributed by atoms with van der Waals surface area (Å²) in [4.78, 5) is 0.383. The van der Waals surface area contributed by atoms with Gasteiger partial charge in [0.25, 0.3) is 0 Å². The number of benzene rings is 2. The van der Waals surface area contributed by atoms with Crippen molar-refractivity contribution in [3.8, 4) is 5.75 Å². The maximum absolute atomic E-state index is 12.3. The van der Waals surface area contributed by atoms with E-state index in [-0.39, 0.29) is 0 Å². The van der Waals surface area contributed by atoms with E-state index in [1.807, 2.05) is 19.1 Å². The van der Waals surface area contributed by atoms with Gasteiger partial charge in [-0.25, -0.2) is 0 Å². The van der Waals surface area contributed by atoms with Gasteiger partial charge in [-0.2, -0.15) is 0 Å². The standard InChI is InChI=1S/C14H14O3SSe/c1-11-3-7-13(8-4-11)18(15,16)19-14-9-5-12(17-2)6-10-14/h3-10H,1-2H3. The first kappa shape index (κ1) is 14.1. The SMILES string of the molecule is COc1ccc([Se]S(=O)(=O)c2ccc(C)cc2)cc1. The molecule has 0 saturated heterocycles. The number of aryl methyl sites for hydroxylation is 1. The van der Waals surface area contributed by atoms with Crippen LogP contribution < -0.4 is 9.20 Å². The molecular weight excluding hydrogens is 327 g/mol. The molecule has 2 aromatic rings. The van der Waals surface area contributed by atoms with Crippen molar-refractivity contribution in [2.75, 3.05) is 7.11 Å². The average molecular weight is 341 g/mol. The summed E-state index contributed by atoms with van der Waals surface area (Å²) in [5.41, 5.74) is 1.05. The molecule has 0 aliphatic carbocycles. The van der Waals surface area contributed by atoms with E-state index in [0.717, 1.165) is 15.8 Å². The zero-order valence-corrected chi connectivity index (χ0v) is 13.2. The molecule has 0 aliphatic rings. The van der Waals surface area contributed by atoms with Crippen molar-refractivity contribution in [2.45, 2.75) is 11.8 Å². The van der Waals surface area contributed by atoms with Gasteiger partial charge in [-0.15, -0.1) is 0 Å². The normalized spacial score (nSPS) is 11.3. The summed E-state index contributed by atoms with van der Waals surface area (Å²) in [6.07, 6.45) is 0. The molecule has 2 aromatic carbocycles. The van der Waals surface area contributed by atoms with Crippen molar-refractivity contribution in [3.05, 3.63) is 54.1 Å². The molecule has 3 nitrogen and oxygen atoms in total. The van der Waals surface area contributed by atoms with E-state index in [9.17, 15) is 8.42 Å². The summed E-state index contributed by atoms with van der Waals surface area (Å²) in [6, 6.07) is 14.1. The number of ether oxygens (including phenoxy) is 1. The summed E-state index contributed by atoms with van der Waals surface area (Å²) >= 11 is -0.630. The Morgan fingerprint density at radius 3 is 2.05 bits per heavy atom. The number of rotatable bonds is 4. The second-order valence-corrected chi connectivity index (χ2v) is 10.4. The van der Waals surface area contributed by atoms with E-state index in [1.54, 1.807) is 43.5 Å². The zero-order chi connectivity index (χ0) is 13.9. The average Bonchev–Trinajstić information content (AvgIpc) is 2.40. The molecule has 0 aromatic heterocycles. The third-order valence-electron chi connectivity index (χ3n) is 2.58. The van der Waals surface area contributed by atoms with Crippen molar-refractivity contribution < 1.29 is 13.2 Å². The number of hydrogen-bond donors (Lipinski definition) is 0. The Balaban J connectivity index is 2.23. The maximum atomic E-state index is 12.3. The van der Waals surface area contributed by atoms with E-state index >= 15 is 0 Å². The number of methoxy groups -OCH3 is 1. The van der Waals surface area contributed by atoms with Crippen molar-refractivity contribution in [2.24, 2.45) is 0 Å². The van der Waals surface area contributed by atoms with Gasteiger partial charge in [-0.05, 0) is 0 Å². The Labute approximate surface area is 118 Å². The molecule has 0 bridgehead atoms. The van der Waals surface area contributed by atoms with E-state index in [0.29, 0.717) is 4.90 Å². The molecule has 5 heteroatoms. The second-order valence-electron chi connectivity index (χ2n) is 4.03. The first-order chi connectivity index (χ1) is 9.01. The van der Waals surface area contributed by atoms with Crippen LogP contribution in [0.4, 0.5) is 0 Å². The Morgan fingerprint density at radius 2 is 1.53 bits per heavy atom. The molecule has 0 heterocycles. The quantitative estimate of drug-likeness (QED) is 0.796. The third kappa shape index (κ3) is 3.60. The molecule has 100 valence electrons. The van der Waals surface area contributed by atoms with Gasteiger partial charge >= 0.3 is 118 Å². The first-order valence-corrected chi connectivity index (χ1v) is 10.0. The molecule has 0 aliphatic heterocycles. The van der Waals surface area contributed by atoms with E-state index in [4.69, 9.17) is 4.74 Å². The van der Waals surface area contributed by atoms with Gasteiger partial charge in [-0.1, -0.05) is 0 Å². The van der Waals surface area contributed by atoms with Crippen molar-refractivity contribution >= 4 is 26.6 Å². The van der Waals surface area contributed by atoms with Crippen LogP contribution in [0, 0.1) is 6.92 Å². The summed E-state index contributed by atoms with van der Waals surface area (Å²) in [5.74, 6) is 0.729. The molecular formula is C14H14O3SSe. The first-order valence-electron chi connectivity index (χ1n) is 5.66. The van der Waals surface area contributed by atoms with Crippen LogP contribution in [0.5, 0.6) is 5.75 Å². The van der Waals surface area contributed by atoms with Crippen molar-refractivity contribution in [1.82, 2.24) is 0 Å². The molecule has 0 saturated carbocycles. The molecule has 0 radical (unpaired) electrons. The molecule has 0 N–H and O–H groups in total. The van der Waals surface area contributed by atoms with Gasteiger partial charge in [0.1, 0.15) is 0 Å². The van der Waals surface area contributed by atoms with Crippen LogP contribution in [-0.4, -0.2) is 29.4 Å². The fourth-order valence-corrected chi connectivity index (χ4v) is 6.33. The van der Waals surface area contributed by atoms with E-state index in [1.165, 1.54) is 0 Å². The summed E-state index contributed by atoms with van der Waals surface area (Å²) in [5, 5.41) is 0. The minimum absolute atomic E-state index is 0.383. The van der Waals surface area contributed by atoms with E-state index in [2.05, 4.69) is 0 Å². The van der Waals surface area contributed by atoms with Crippen LogP contribution in [0.1, 0.15) is 5.56 Å². The third-order valence-corrected chi connectivity index (χ3v) is 8.21. The Hall–Kier alpha value is -1.29. The van der Waals surface area contributed by atoms with Crippen molar-refractivity contribution in [3.63, 3.8) is 0 Å². The Kier molecular flexibility index (Phi) is 4.30. The van der Waals surface area contributed by atoms with Crippen LogP contribution in [-0.2, 0) is 8.26 Å². The molecule has 0 fully saturated rings. The van der Waals surface area contributed by atoms with Crippen LogP contribution in [0.2, 0.25) is 0 Å². The van der Waals surface area contributed by atoms with Crippen LogP contribution in [0.3, 0.4) is 0 Å². The molecule has 0 spiro atoms. The zero-order valence-electron chi connectivity index (χ0n) is 10.7. The molecule has 19 heavy (non-hydrogen) atoms. The summed E-state index contributed by atoms with van der Waals surface area (Å²) in [7, 11) is -1.64. The van der Waals surface area contributed by atoms with Crippen LogP contribution >= 0.6 is 0 Å². The van der Waals surface area contributed by atoms with Crippen molar-refractivity contribution in [1.29, 1.82) is 0 Å². The van der Waals surface area contributed by atoms with Crippen LogP contribution in [0.25, 0.3) is 0 Å². The topological polar surface area (TPSA) is 43.4 Å².